The zero-order valence-electron chi connectivity index (χ0n) is 11.8. The third-order valence-electron chi connectivity index (χ3n) is 3.01. The molecule has 0 aliphatic heterocycles. The van der Waals surface area contributed by atoms with Crippen LogP contribution in [-0.2, 0) is 6.42 Å². The van der Waals surface area contributed by atoms with E-state index >= 15 is 0 Å². The number of nitrogens with zero attached hydrogens (tertiary/aromatic N) is 2. The monoisotopic (exact) mass is 274 g/mol. The predicted molar refractivity (Wildman–Crippen MR) is 75.0 cm³/mol. The zero-order valence-corrected chi connectivity index (χ0v) is 11.8. The maximum Gasteiger partial charge on any atom is 0.241 e. The van der Waals surface area contributed by atoms with Gasteiger partial charge in [-0.2, -0.15) is 4.98 Å². The van der Waals surface area contributed by atoms with Crippen molar-refractivity contribution in [2.24, 2.45) is 0 Å². The Morgan fingerprint density at radius 1 is 1.15 bits per heavy atom. The Hall–Kier alpha value is -2.14. The van der Waals surface area contributed by atoms with Crippen molar-refractivity contribution < 1.29 is 14.6 Å². The summed E-state index contributed by atoms with van der Waals surface area (Å²) >= 11 is 0. The molecule has 5 heteroatoms. The summed E-state index contributed by atoms with van der Waals surface area (Å²) in [6.45, 7) is 2.03. The maximum atomic E-state index is 10.3. The van der Waals surface area contributed by atoms with Gasteiger partial charge in [-0.25, -0.2) is 4.98 Å². The molecule has 20 heavy (non-hydrogen) atoms. The lowest BCUT2D eigenvalue weighted by Crippen LogP contribution is -2.08. The van der Waals surface area contributed by atoms with Crippen molar-refractivity contribution in [3.05, 3.63) is 47.3 Å². The van der Waals surface area contributed by atoms with Gasteiger partial charge in [-0.05, 0) is 12.5 Å². The average molecular weight is 274 g/mol. The van der Waals surface area contributed by atoms with Gasteiger partial charge in [0.1, 0.15) is 11.8 Å². The molecule has 2 rings (SSSR count). The molecule has 106 valence electrons. The van der Waals surface area contributed by atoms with Crippen molar-refractivity contribution in [3.63, 3.8) is 0 Å². The Labute approximate surface area is 118 Å². The van der Waals surface area contributed by atoms with Crippen LogP contribution in [0.25, 0.3) is 0 Å². The highest BCUT2D eigenvalue weighted by atomic mass is 16.5. The van der Waals surface area contributed by atoms with Crippen molar-refractivity contribution in [3.8, 4) is 11.8 Å². The normalized spacial score (nSPS) is 12.0. The molecule has 0 spiro atoms. The molecule has 1 heterocycles. The quantitative estimate of drug-likeness (QED) is 0.904. The molecule has 0 aliphatic carbocycles. The van der Waals surface area contributed by atoms with E-state index in [0.29, 0.717) is 18.0 Å². The van der Waals surface area contributed by atoms with E-state index in [-0.39, 0.29) is 5.88 Å². The van der Waals surface area contributed by atoms with Crippen LogP contribution >= 0.6 is 0 Å². The van der Waals surface area contributed by atoms with E-state index in [0.717, 1.165) is 5.56 Å². The van der Waals surface area contributed by atoms with E-state index in [2.05, 4.69) is 9.97 Å². The summed E-state index contributed by atoms with van der Waals surface area (Å²) in [5.74, 6) is 0.636. The fourth-order valence-corrected chi connectivity index (χ4v) is 1.89. The van der Waals surface area contributed by atoms with Gasteiger partial charge >= 0.3 is 0 Å². The van der Waals surface area contributed by atoms with E-state index in [1.54, 1.807) is 0 Å². The third kappa shape index (κ3) is 3.24. The van der Waals surface area contributed by atoms with Gasteiger partial charge in [0, 0.05) is 6.42 Å². The van der Waals surface area contributed by atoms with Gasteiger partial charge in [-0.1, -0.05) is 29.8 Å². The van der Waals surface area contributed by atoms with Crippen LogP contribution in [0.1, 0.15) is 22.9 Å². The minimum atomic E-state index is -0.772. The van der Waals surface area contributed by atoms with Crippen LogP contribution < -0.4 is 9.47 Å². The van der Waals surface area contributed by atoms with Crippen molar-refractivity contribution in [2.45, 2.75) is 19.4 Å². The average Bonchev–Trinajstić information content (AvgIpc) is 2.48. The van der Waals surface area contributed by atoms with Crippen LogP contribution in [0.3, 0.4) is 0 Å². The number of rotatable bonds is 5. The maximum absolute atomic E-state index is 10.3. The van der Waals surface area contributed by atoms with Crippen LogP contribution in [-0.4, -0.2) is 29.3 Å². The summed E-state index contributed by atoms with van der Waals surface area (Å²) < 4.78 is 10.1. The van der Waals surface area contributed by atoms with Gasteiger partial charge in [-0.15, -0.1) is 0 Å². The fraction of sp³-hybridized carbons (Fsp3) is 0.333. The summed E-state index contributed by atoms with van der Waals surface area (Å²) in [6.07, 6.45) is 1.15. The molecular formula is C15H18N2O3. The Morgan fingerprint density at radius 3 is 2.45 bits per heavy atom. The molecule has 0 radical (unpaired) electrons. The summed E-state index contributed by atoms with van der Waals surface area (Å²) in [4.78, 5) is 8.29. The smallest absolute Gasteiger partial charge is 0.241 e. The molecule has 0 amide bonds. The number of hydrogen-bond donors (Lipinski definition) is 1. The summed E-state index contributed by atoms with van der Waals surface area (Å²) in [5, 5.41) is 10.3. The molecule has 1 aromatic carbocycles. The van der Waals surface area contributed by atoms with Gasteiger partial charge in [0.2, 0.25) is 11.8 Å². The Kier molecular flexibility index (Phi) is 4.53. The zero-order chi connectivity index (χ0) is 14.5. The SMILES string of the molecule is COc1cnc(C(O)Cc2ccc(C)cc2)c(OC)n1. The number of aliphatic hydroxyl groups excluding tert-OH is 1. The standard InChI is InChI=1S/C15H18N2O3/c1-10-4-6-11(7-5-10)8-12(18)14-15(20-3)17-13(19-2)9-16-14/h4-7,9,12,18H,8H2,1-3H3. The first-order valence-corrected chi connectivity index (χ1v) is 6.32. The third-order valence-corrected chi connectivity index (χ3v) is 3.01. The number of benzene rings is 1. The van der Waals surface area contributed by atoms with Gasteiger partial charge in [0.15, 0.2) is 0 Å². The lowest BCUT2D eigenvalue weighted by Gasteiger charge is -2.13. The highest BCUT2D eigenvalue weighted by molar-refractivity contribution is 5.28. The van der Waals surface area contributed by atoms with Crippen LogP contribution in [0, 0.1) is 6.92 Å². The highest BCUT2D eigenvalue weighted by Gasteiger charge is 2.18. The molecular weight excluding hydrogens is 256 g/mol. The molecule has 2 aromatic rings. The molecule has 0 bridgehead atoms. The second kappa shape index (κ2) is 6.34. The first-order chi connectivity index (χ1) is 9.63. The summed E-state index contributed by atoms with van der Waals surface area (Å²) in [6, 6.07) is 8.00. The summed E-state index contributed by atoms with van der Waals surface area (Å²) in [7, 11) is 3.00. The number of hydrogen-bond acceptors (Lipinski definition) is 5. The Balaban J connectivity index is 2.20. The van der Waals surface area contributed by atoms with Gasteiger partial charge < -0.3 is 14.6 Å². The van der Waals surface area contributed by atoms with Crippen molar-refractivity contribution >= 4 is 0 Å². The van der Waals surface area contributed by atoms with Crippen molar-refractivity contribution in [1.82, 2.24) is 9.97 Å². The number of ether oxygens (including phenoxy) is 2. The number of aliphatic hydroxyl groups is 1. The van der Waals surface area contributed by atoms with E-state index in [4.69, 9.17) is 9.47 Å². The summed E-state index contributed by atoms with van der Waals surface area (Å²) in [5.41, 5.74) is 2.63. The largest absolute Gasteiger partial charge is 0.480 e. The van der Waals surface area contributed by atoms with Crippen molar-refractivity contribution in [1.29, 1.82) is 0 Å². The van der Waals surface area contributed by atoms with Crippen LogP contribution in [0.15, 0.2) is 30.5 Å². The van der Waals surface area contributed by atoms with Crippen LogP contribution in [0.4, 0.5) is 0 Å². The first kappa shape index (κ1) is 14.3. The minimum Gasteiger partial charge on any atom is -0.480 e. The topological polar surface area (TPSA) is 64.5 Å². The van der Waals surface area contributed by atoms with E-state index in [1.807, 2.05) is 31.2 Å². The Morgan fingerprint density at radius 2 is 1.85 bits per heavy atom. The lowest BCUT2D eigenvalue weighted by atomic mass is 10.0. The van der Waals surface area contributed by atoms with E-state index in [1.165, 1.54) is 26.0 Å². The second-order valence-electron chi connectivity index (χ2n) is 4.51. The number of methoxy groups -OCH3 is 2. The van der Waals surface area contributed by atoms with Crippen molar-refractivity contribution in [2.75, 3.05) is 14.2 Å². The van der Waals surface area contributed by atoms with Gasteiger partial charge in [-0.3, -0.25) is 0 Å². The second-order valence-corrected chi connectivity index (χ2v) is 4.51. The molecule has 5 nitrogen and oxygen atoms in total. The number of aryl methyl sites for hydroxylation is 1. The molecule has 0 aliphatic rings. The molecule has 1 aromatic heterocycles. The predicted octanol–water partition coefficient (Wildman–Crippen LogP) is 2.08. The van der Waals surface area contributed by atoms with Gasteiger partial charge in [0.25, 0.3) is 0 Å². The van der Waals surface area contributed by atoms with Crippen LogP contribution in [0.2, 0.25) is 0 Å². The molecule has 1 N–H and O–H groups in total. The molecule has 0 saturated heterocycles. The molecule has 0 fully saturated rings. The highest BCUT2D eigenvalue weighted by Crippen LogP contribution is 2.25. The molecule has 1 unspecified atom stereocenters. The minimum absolute atomic E-state index is 0.281. The fourth-order valence-electron chi connectivity index (χ4n) is 1.89. The van der Waals surface area contributed by atoms with Crippen LogP contribution in [0.5, 0.6) is 11.8 Å². The Bertz CT molecular complexity index is 570. The van der Waals surface area contributed by atoms with E-state index < -0.39 is 6.10 Å². The van der Waals surface area contributed by atoms with Gasteiger partial charge in [0.05, 0.1) is 20.4 Å². The number of aromatic nitrogens is 2. The lowest BCUT2D eigenvalue weighted by molar-refractivity contribution is 0.167. The van der Waals surface area contributed by atoms with E-state index in [9.17, 15) is 5.11 Å². The molecule has 1 atom stereocenters. The molecule has 0 saturated carbocycles. The first-order valence-electron chi connectivity index (χ1n) is 6.32.